The van der Waals surface area contributed by atoms with Crippen LogP contribution in [0.3, 0.4) is 0 Å². The number of hydrogen-bond donors (Lipinski definition) is 4. The second-order valence-corrected chi connectivity index (χ2v) is 6.15. The van der Waals surface area contributed by atoms with E-state index in [2.05, 4.69) is 25.6 Å². The number of hydrogen-bond acceptors (Lipinski definition) is 7. The Morgan fingerprint density at radius 1 is 1.27 bits per heavy atom. The van der Waals surface area contributed by atoms with Crippen LogP contribution in [0.25, 0.3) is 11.2 Å². The van der Waals surface area contributed by atoms with Crippen molar-refractivity contribution in [2.75, 3.05) is 22.9 Å². The molecule has 2 aromatic heterocycles. The third kappa shape index (κ3) is 3.83. The first kappa shape index (κ1) is 17.9. The molecule has 8 nitrogen and oxygen atoms in total. The SMILES string of the molecule is CCn1cnc2c(NCc3cc(F)ccc3N)nc(NCC(C)N)nc21. The monoisotopic (exact) mass is 358 g/mol. The van der Waals surface area contributed by atoms with Gasteiger partial charge in [-0.05, 0) is 37.6 Å². The molecular weight excluding hydrogens is 335 g/mol. The lowest BCUT2D eigenvalue weighted by atomic mass is 10.2. The van der Waals surface area contributed by atoms with Gasteiger partial charge in [0.1, 0.15) is 5.82 Å². The lowest BCUT2D eigenvalue weighted by molar-refractivity contribution is 0.626. The second-order valence-electron chi connectivity index (χ2n) is 6.15. The van der Waals surface area contributed by atoms with Crippen LogP contribution >= 0.6 is 0 Å². The fraction of sp³-hybridized carbons (Fsp3) is 0.353. The quantitative estimate of drug-likeness (QED) is 0.476. The average molecular weight is 358 g/mol. The van der Waals surface area contributed by atoms with Gasteiger partial charge in [0.2, 0.25) is 5.95 Å². The highest BCUT2D eigenvalue weighted by molar-refractivity contribution is 5.84. The predicted molar refractivity (Wildman–Crippen MR) is 101 cm³/mol. The van der Waals surface area contributed by atoms with Crippen molar-refractivity contribution in [1.29, 1.82) is 0 Å². The van der Waals surface area contributed by atoms with E-state index in [0.29, 0.717) is 47.3 Å². The van der Waals surface area contributed by atoms with Crippen molar-refractivity contribution in [3.63, 3.8) is 0 Å². The van der Waals surface area contributed by atoms with E-state index >= 15 is 0 Å². The number of nitrogens with two attached hydrogens (primary N) is 2. The molecule has 0 aliphatic heterocycles. The highest BCUT2D eigenvalue weighted by Gasteiger charge is 2.13. The van der Waals surface area contributed by atoms with Crippen LogP contribution in [0.5, 0.6) is 0 Å². The van der Waals surface area contributed by atoms with E-state index in [0.717, 1.165) is 6.54 Å². The van der Waals surface area contributed by atoms with Gasteiger partial charge >= 0.3 is 0 Å². The van der Waals surface area contributed by atoms with Crippen molar-refractivity contribution in [3.05, 3.63) is 35.9 Å². The van der Waals surface area contributed by atoms with Gasteiger partial charge in [0.05, 0.1) is 6.33 Å². The van der Waals surface area contributed by atoms with E-state index in [1.807, 2.05) is 18.4 Å². The maximum atomic E-state index is 13.5. The highest BCUT2D eigenvalue weighted by atomic mass is 19.1. The number of benzene rings is 1. The number of halogens is 1. The fourth-order valence-electron chi connectivity index (χ4n) is 2.54. The zero-order chi connectivity index (χ0) is 18.7. The Labute approximate surface area is 150 Å². The van der Waals surface area contributed by atoms with Crippen LogP contribution in [0.2, 0.25) is 0 Å². The molecule has 0 aliphatic carbocycles. The number of aryl methyl sites for hydroxylation is 1. The van der Waals surface area contributed by atoms with Gasteiger partial charge in [0, 0.05) is 31.4 Å². The van der Waals surface area contributed by atoms with E-state index < -0.39 is 0 Å². The van der Waals surface area contributed by atoms with Crippen LogP contribution in [0.15, 0.2) is 24.5 Å². The van der Waals surface area contributed by atoms with Gasteiger partial charge in [0.25, 0.3) is 0 Å². The minimum Gasteiger partial charge on any atom is -0.398 e. The summed E-state index contributed by atoms with van der Waals surface area (Å²) in [6, 6.07) is 4.25. The van der Waals surface area contributed by atoms with Crippen LogP contribution < -0.4 is 22.1 Å². The molecule has 3 aromatic rings. The molecule has 0 saturated carbocycles. The third-order valence-corrected chi connectivity index (χ3v) is 3.94. The molecule has 0 saturated heterocycles. The number of aromatic nitrogens is 4. The van der Waals surface area contributed by atoms with E-state index in [-0.39, 0.29) is 11.9 Å². The molecular formula is C17H23FN8. The summed E-state index contributed by atoms with van der Waals surface area (Å²) in [7, 11) is 0. The topological polar surface area (TPSA) is 120 Å². The molecule has 0 fully saturated rings. The smallest absolute Gasteiger partial charge is 0.226 e. The molecule has 1 aromatic carbocycles. The summed E-state index contributed by atoms with van der Waals surface area (Å²) in [6.07, 6.45) is 1.72. The standard InChI is InChI=1S/C17H23FN8/c1-3-26-9-23-14-15(21-8-11-6-12(18)4-5-13(11)20)24-17(25-16(14)26)22-7-10(2)19/h4-6,9-10H,3,7-8,19-20H2,1-2H3,(H2,21,22,24,25). The zero-order valence-electron chi connectivity index (χ0n) is 14.8. The molecule has 9 heteroatoms. The number of nitrogen functional groups attached to an aromatic ring is 1. The summed E-state index contributed by atoms with van der Waals surface area (Å²) in [5.41, 5.74) is 14.2. The summed E-state index contributed by atoms with van der Waals surface area (Å²) in [4.78, 5) is 13.4. The summed E-state index contributed by atoms with van der Waals surface area (Å²) < 4.78 is 15.4. The van der Waals surface area contributed by atoms with Gasteiger partial charge in [-0.3, -0.25) is 0 Å². The number of nitrogens with one attached hydrogen (secondary N) is 2. The Hall–Kier alpha value is -2.94. The van der Waals surface area contributed by atoms with E-state index in [1.165, 1.54) is 12.1 Å². The summed E-state index contributed by atoms with van der Waals surface area (Å²) in [5.74, 6) is 0.677. The molecule has 0 bridgehead atoms. The van der Waals surface area contributed by atoms with Crippen LogP contribution in [-0.2, 0) is 13.1 Å². The van der Waals surface area contributed by atoms with Gasteiger partial charge in [-0.15, -0.1) is 0 Å². The lowest BCUT2D eigenvalue weighted by Gasteiger charge is -2.12. The Bertz CT molecular complexity index is 905. The summed E-state index contributed by atoms with van der Waals surface area (Å²) in [6.45, 7) is 5.51. The number of anilines is 3. The minimum absolute atomic E-state index is 0.0334. The summed E-state index contributed by atoms with van der Waals surface area (Å²) >= 11 is 0. The van der Waals surface area contributed by atoms with Crippen molar-refractivity contribution in [2.45, 2.75) is 33.0 Å². The van der Waals surface area contributed by atoms with Crippen molar-refractivity contribution >= 4 is 28.6 Å². The van der Waals surface area contributed by atoms with Crippen LogP contribution in [-0.4, -0.2) is 32.1 Å². The van der Waals surface area contributed by atoms with E-state index in [1.54, 1.807) is 12.4 Å². The third-order valence-electron chi connectivity index (χ3n) is 3.94. The number of imidazole rings is 1. The normalized spacial score (nSPS) is 12.3. The van der Waals surface area contributed by atoms with Crippen molar-refractivity contribution in [2.24, 2.45) is 5.73 Å². The molecule has 26 heavy (non-hydrogen) atoms. The van der Waals surface area contributed by atoms with E-state index in [9.17, 15) is 4.39 Å². The van der Waals surface area contributed by atoms with Crippen LogP contribution in [0.1, 0.15) is 19.4 Å². The first-order valence-corrected chi connectivity index (χ1v) is 8.48. The molecule has 0 aliphatic rings. The fourth-order valence-corrected chi connectivity index (χ4v) is 2.54. The first-order valence-electron chi connectivity index (χ1n) is 8.48. The van der Waals surface area contributed by atoms with Crippen LogP contribution in [0.4, 0.5) is 21.8 Å². The number of fused-ring (bicyclic) bond motifs is 1. The van der Waals surface area contributed by atoms with Crippen molar-refractivity contribution in [3.8, 4) is 0 Å². The van der Waals surface area contributed by atoms with Gasteiger partial charge in [-0.25, -0.2) is 9.37 Å². The second kappa shape index (κ2) is 7.52. The molecule has 1 atom stereocenters. The largest absolute Gasteiger partial charge is 0.398 e. The molecule has 0 spiro atoms. The molecule has 6 N–H and O–H groups in total. The lowest BCUT2D eigenvalue weighted by Crippen LogP contribution is -2.26. The molecule has 138 valence electrons. The van der Waals surface area contributed by atoms with Gasteiger partial charge in [-0.2, -0.15) is 9.97 Å². The first-order chi connectivity index (χ1) is 12.5. The van der Waals surface area contributed by atoms with E-state index in [4.69, 9.17) is 11.5 Å². The maximum absolute atomic E-state index is 13.5. The Morgan fingerprint density at radius 2 is 2.08 bits per heavy atom. The molecule has 1 unspecified atom stereocenters. The maximum Gasteiger partial charge on any atom is 0.226 e. The molecule has 3 rings (SSSR count). The number of rotatable bonds is 7. The van der Waals surface area contributed by atoms with Gasteiger partial charge in [0.15, 0.2) is 17.0 Å². The Kier molecular flexibility index (Phi) is 5.17. The predicted octanol–water partition coefficient (Wildman–Crippen LogP) is 1.94. The molecule has 2 heterocycles. The van der Waals surface area contributed by atoms with Gasteiger partial charge < -0.3 is 26.7 Å². The number of nitrogens with zero attached hydrogens (tertiary/aromatic N) is 4. The van der Waals surface area contributed by atoms with Gasteiger partial charge in [-0.1, -0.05) is 0 Å². The average Bonchev–Trinajstić information content (AvgIpc) is 3.03. The summed E-state index contributed by atoms with van der Waals surface area (Å²) in [5, 5.41) is 6.32. The molecule has 0 radical (unpaired) electrons. The van der Waals surface area contributed by atoms with Crippen molar-refractivity contribution in [1.82, 2.24) is 19.5 Å². The molecule has 0 amide bonds. The highest BCUT2D eigenvalue weighted by Crippen LogP contribution is 2.22. The minimum atomic E-state index is -0.335. The Morgan fingerprint density at radius 3 is 2.81 bits per heavy atom. The zero-order valence-corrected chi connectivity index (χ0v) is 14.8. The van der Waals surface area contributed by atoms with Crippen molar-refractivity contribution < 1.29 is 4.39 Å². The van der Waals surface area contributed by atoms with Crippen LogP contribution in [0, 0.1) is 5.82 Å². The Balaban J connectivity index is 1.92.